The molecule has 2 aromatic rings. The smallest absolute Gasteiger partial charge is 0.355 e. The van der Waals surface area contributed by atoms with E-state index in [4.69, 9.17) is 15.2 Å². The van der Waals surface area contributed by atoms with Crippen molar-refractivity contribution in [1.82, 2.24) is 0 Å². The molecule has 3 N–H and O–H groups in total. The molecule has 2 aromatic carbocycles. The fourth-order valence-electron chi connectivity index (χ4n) is 3.64. The zero-order valence-electron chi connectivity index (χ0n) is 17.5. The first-order valence-corrected chi connectivity index (χ1v) is 10.2. The molecule has 1 atom stereocenters. The topological polar surface area (TPSA) is 143 Å². The number of nitrogens with zero attached hydrogens (tertiary/aromatic N) is 2. The van der Waals surface area contributed by atoms with Gasteiger partial charge in [-0.05, 0) is 23.8 Å². The van der Waals surface area contributed by atoms with Gasteiger partial charge in [-0.3, -0.25) is 4.90 Å². The lowest BCUT2D eigenvalue weighted by Gasteiger charge is -2.36. The van der Waals surface area contributed by atoms with Crippen molar-refractivity contribution < 1.29 is 29.0 Å². The maximum Gasteiger partial charge on any atom is 0.355 e. The monoisotopic (exact) mass is 511 g/mol. The van der Waals surface area contributed by atoms with E-state index in [1.165, 1.54) is 18.2 Å². The quantitative estimate of drug-likeness (QED) is 0.578. The van der Waals surface area contributed by atoms with Crippen molar-refractivity contribution in [2.24, 2.45) is 5.73 Å². The Morgan fingerprint density at radius 2 is 1.73 bits per heavy atom. The van der Waals surface area contributed by atoms with Gasteiger partial charge in [0.25, 0.3) is 0 Å². The fraction of sp³-hybridized carbons (Fsp3) is 0.130. The highest BCUT2D eigenvalue weighted by Gasteiger charge is 2.43. The van der Waals surface area contributed by atoms with E-state index in [-0.39, 0.29) is 33.9 Å². The van der Waals surface area contributed by atoms with Gasteiger partial charge in [0.2, 0.25) is 0 Å². The van der Waals surface area contributed by atoms with Crippen molar-refractivity contribution >= 4 is 39.5 Å². The molecule has 1 heterocycles. The van der Waals surface area contributed by atoms with Gasteiger partial charge >= 0.3 is 17.9 Å². The number of nitrogens with two attached hydrogens (primary N) is 1. The predicted molar refractivity (Wildman–Crippen MR) is 121 cm³/mol. The van der Waals surface area contributed by atoms with E-state index in [0.717, 1.165) is 19.1 Å². The highest BCUT2D eigenvalue weighted by Crippen LogP contribution is 2.44. The lowest BCUT2D eigenvalue weighted by atomic mass is 9.80. The van der Waals surface area contributed by atoms with Gasteiger partial charge in [-0.25, -0.2) is 14.4 Å². The largest absolute Gasteiger partial charge is 0.478 e. The van der Waals surface area contributed by atoms with E-state index in [1.807, 2.05) is 6.07 Å². The van der Waals surface area contributed by atoms with E-state index < -0.39 is 23.8 Å². The highest BCUT2D eigenvalue weighted by molar-refractivity contribution is 9.10. The van der Waals surface area contributed by atoms with Crippen LogP contribution in [0.4, 0.5) is 5.69 Å². The predicted octanol–water partition coefficient (Wildman–Crippen LogP) is 3.05. The second-order valence-corrected chi connectivity index (χ2v) is 7.72. The van der Waals surface area contributed by atoms with Gasteiger partial charge in [0.15, 0.2) is 0 Å². The summed E-state index contributed by atoms with van der Waals surface area (Å²) in [7, 11) is 2.24. The van der Waals surface area contributed by atoms with E-state index >= 15 is 0 Å². The summed E-state index contributed by atoms with van der Waals surface area (Å²) < 4.78 is 10.3. The summed E-state index contributed by atoms with van der Waals surface area (Å²) in [5, 5.41) is 19.8. The SMILES string of the molecule is COC(=O)C1=C(C(=O)OC)N(c2ccc(Br)cc2C(=O)O)C(N)=C(C#N)C1c1ccccc1. The molecule has 0 radical (unpaired) electrons. The Morgan fingerprint density at radius 1 is 1.09 bits per heavy atom. The minimum atomic E-state index is -1.31. The standard InChI is InChI=1S/C23H18BrN3O6/c1-32-22(30)18-17(12-6-4-3-5-7-12)15(11-25)20(26)27(19(18)23(31)33-2)16-9-8-13(24)10-14(16)21(28)29/h3-10,17H,26H2,1-2H3,(H,28,29). The van der Waals surface area contributed by atoms with Crippen molar-refractivity contribution in [3.63, 3.8) is 0 Å². The van der Waals surface area contributed by atoms with Crippen LogP contribution >= 0.6 is 15.9 Å². The van der Waals surface area contributed by atoms with Crippen molar-refractivity contribution in [3.05, 3.63) is 86.8 Å². The molecule has 0 aromatic heterocycles. The highest BCUT2D eigenvalue weighted by atomic mass is 79.9. The van der Waals surface area contributed by atoms with Gasteiger partial charge in [-0.1, -0.05) is 46.3 Å². The number of carboxylic acid groups (broad SMARTS) is 1. The Balaban J connectivity index is 2.48. The van der Waals surface area contributed by atoms with Crippen LogP contribution in [0.25, 0.3) is 0 Å². The molecule has 10 heteroatoms. The molecule has 168 valence electrons. The molecule has 0 amide bonds. The first kappa shape index (κ1) is 23.6. The van der Waals surface area contributed by atoms with E-state index in [2.05, 4.69) is 15.9 Å². The first-order chi connectivity index (χ1) is 15.8. The number of benzene rings is 2. The Hall–Kier alpha value is -4.10. The minimum absolute atomic E-state index is 0.0377. The van der Waals surface area contributed by atoms with Crippen LogP contribution < -0.4 is 10.6 Å². The van der Waals surface area contributed by atoms with Gasteiger partial charge in [0, 0.05) is 4.47 Å². The Kier molecular flexibility index (Phi) is 6.84. The number of nitriles is 1. The number of halogens is 1. The number of anilines is 1. The average molecular weight is 512 g/mol. The first-order valence-electron chi connectivity index (χ1n) is 9.45. The summed E-state index contributed by atoms with van der Waals surface area (Å²) in [6.07, 6.45) is 0. The second kappa shape index (κ2) is 9.58. The van der Waals surface area contributed by atoms with Gasteiger partial charge in [0.05, 0.1) is 48.6 Å². The molecule has 1 aliphatic rings. The molecule has 0 spiro atoms. The van der Waals surface area contributed by atoms with Gasteiger partial charge < -0.3 is 20.3 Å². The minimum Gasteiger partial charge on any atom is -0.478 e. The third kappa shape index (κ3) is 4.18. The summed E-state index contributed by atoms with van der Waals surface area (Å²) in [6, 6.07) is 14.8. The molecule has 0 fully saturated rings. The Morgan fingerprint density at radius 3 is 2.27 bits per heavy atom. The van der Waals surface area contributed by atoms with Crippen LogP contribution in [-0.2, 0) is 19.1 Å². The number of ether oxygens (including phenoxy) is 2. The number of carboxylic acids is 1. The second-order valence-electron chi connectivity index (χ2n) is 6.80. The molecular formula is C23H18BrN3O6. The number of hydrogen-bond donors (Lipinski definition) is 2. The van der Waals surface area contributed by atoms with Crippen molar-refractivity contribution in [1.29, 1.82) is 5.26 Å². The maximum absolute atomic E-state index is 13.0. The summed E-state index contributed by atoms with van der Waals surface area (Å²) in [4.78, 5) is 39.0. The van der Waals surface area contributed by atoms with E-state index in [1.54, 1.807) is 30.3 Å². The van der Waals surface area contributed by atoms with Gasteiger partial charge in [-0.15, -0.1) is 0 Å². The molecule has 0 aliphatic carbocycles. The molecule has 33 heavy (non-hydrogen) atoms. The lowest BCUT2D eigenvalue weighted by Crippen LogP contribution is -2.41. The van der Waals surface area contributed by atoms with Gasteiger partial charge in [-0.2, -0.15) is 5.26 Å². The average Bonchev–Trinajstić information content (AvgIpc) is 2.82. The number of carbonyl (C=O) groups excluding carboxylic acids is 2. The maximum atomic E-state index is 13.0. The molecule has 3 rings (SSSR count). The summed E-state index contributed by atoms with van der Waals surface area (Å²) in [5.41, 5.74) is 6.00. The van der Waals surface area contributed by atoms with Crippen LogP contribution in [0.2, 0.25) is 0 Å². The van der Waals surface area contributed by atoms with Crippen molar-refractivity contribution in [3.8, 4) is 6.07 Å². The molecule has 9 nitrogen and oxygen atoms in total. The molecule has 1 aliphatic heterocycles. The number of aromatic carboxylic acids is 1. The third-order valence-corrected chi connectivity index (χ3v) is 5.53. The zero-order chi connectivity index (χ0) is 24.3. The van der Waals surface area contributed by atoms with Crippen molar-refractivity contribution in [2.75, 3.05) is 19.1 Å². The number of carbonyl (C=O) groups is 3. The molecule has 0 saturated heterocycles. The molecule has 0 bridgehead atoms. The van der Waals surface area contributed by atoms with Crippen molar-refractivity contribution in [2.45, 2.75) is 5.92 Å². The number of methoxy groups -OCH3 is 2. The summed E-state index contributed by atoms with van der Waals surface area (Å²) in [5.74, 6) is -4.44. The van der Waals surface area contributed by atoms with Crippen LogP contribution in [0.3, 0.4) is 0 Å². The molecule has 1 unspecified atom stereocenters. The number of hydrogen-bond acceptors (Lipinski definition) is 8. The lowest BCUT2D eigenvalue weighted by molar-refractivity contribution is -0.139. The summed E-state index contributed by atoms with van der Waals surface area (Å²) >= 11 is 3.22. The van der Waals surface area contributed by atoms with Crippen LogP contribution in [0.1, 0.15) is 21.8 Å². The van der Waals surface area contributed by atoms with Gasteiger partial charge in [0.1, 0.15) is 11.5 Å². The van der Waals surface area contributed by atoms with Crippen LogP contribution in [0, 0.1) is 11.3 Å². The van der Waals surface area contributed by atoms with Crippen LogP contribution in [-0.4, -0.2) is 37.2 Å². The van der Waals surface area contributed by atoms with E-state index in [0.29, 0.717) is 10.0 Å². The normalized spacial score (nSPS) is 15.7. The Labute approximate surface area is 197 Å². The van der Waals surface area contributed by atoms with Crippen LogP contribution in [0.5, 0.6) is 0 Å². The number of esters is 2. The van der Waals surface area contributed by atoms with Crippen LogP contribution in [0.15, 0.2) is 75.7 Å². The number of rotatable bonds is 5. The molecular weight excluding hydrogens is 494 g/mol. The fourth-order valence-corrected chi connectivity index (χ4v) is 4.00. The Bertz CT molecular complexity index is 1250. The third-order valence-electron chi connectivity index (χ3n) is 5.04. The summed E-state index contributed by atoms with van der Waals surface area (Å²) in [6.45, 7) is 0. The zero-order valence-corrected chi connectivity index (χ0v) is 19.1. The number of allylic oxidation sites excluding steroid dienone is 1. The van der Waals surface area contributed by atoms with E-state index in [9.17, 15) is 24.8 Å². The molecule has 0 saturated carbocycles.